The number of aryl methyl sites for hydroxylation is 2. The molecule has 7 nitrogen and oxygen atoms in total. The third-order valence-electron chi connectivity index (χ3n) is 5.01. The van der Waals surface area contributed by atoms with Crippen molar-refractivity contribution < 1.29 is 19.1 Å². The van der Waals surface area contributed by atoms with Gasteiger partial charge in [-0.15, -0.1) is 11.3 Å². The highest BCUT2D eigenvalue weighted by Gasteiger charge is 2.13. The Labute approximate surface area is 204 Å². The lowest BCUT2D eigenvalue weighted by molar-refractivity contribution is -0.116. The number of methoxy groups -OCH3 is 1. The molecular formula is C26H31N3O4S. The lowest BCUT2D eigenvalue weighted by atomic mass is 10.0. The second-order valence-corrected chi connectivity index (χ2v) is 8.93. The van der Waals surface area contributed by atoms with E-state index in [1.165, 1.54) is 11.3 Å². The highest BCUT2D eigenvalue weighted by molar-refractivity contribution is 7.13. The van der Waals surface area contributed by atoms with Crippen LogP contribution in [0.2, 0.25) is 0 Å². The van der Waals surface area contributed by atoms with Gasteiger partial charge in [0.1, 0.15) is 11.9 Å². The van der Waals surface area contributed by atoms with Crippen molar-refractivity contribution in [2.24, 2.45) is 0 Å². The molecule has 0 bridgehead atoms. The van der Waals surface area contributed by atoms with Gasteiger partial charge < -0.3 is 14.8 Å². The predicted molar refractivity (Wildman–Crippen MR) is 136 cm³/mol. The van der Waals surface area contributed by atoms with Crippen molar-refractivity contribution in [3.8, 4) is 5.75 Å². The van der Waals surface area contributed by atoms with Gasteiger partial charge in [0.05, 0.1) is 6.61 Å². The summed E-state index contributed by atoms with van der Waals surface area (Å²) in [6.07, 6.45) is 4.27. The second-order valence-electron chi connectivity index (χ2n) is 8.04. The standard InChI is InChI=1S/C26H31N3O4S/c1-4-6-24(30)28-22-8-5-7-19(14-22)9-10-20-13-21(25(31)29-26-27-11-12-34-26)16-23(15-20)33-18(2)17-32-3/h5,7-8,11-16,18H,4,6,9-10,17H2,1-3H3,(H,28,30)(H,27,29,31)/t18-/m0/s1. The molecule has 0 radical (unpaired) electrons. The number of hydrogen-bond acceptors (Lipinski definition) is 6. The van der Waals surface area contributed by atoms with Crippen molar-refractivity contribution >= 4 is 34.0 Å². The van der Waals surface area contributed by atoms with Crippen molar-refractivity contribution in [2.45, 2.75) is 45.6 Å². The lowest BCUT2D eigenvalue weighted by Gasteiger charge is -2.16. The number of aromatic nitrogens is 1. The summed E-state index contributed by atoms with van der Waals surface area (Å²) in [6.45, 7) is 4.35. The fraction of sp³-hybridized carbons (Fsp3) is 0.346. The molecule has 0 aliphatic rings. The highest BCUT2D eigenvalue weighted by Crippen LogP contribution is 2.22. The largest absolute Gasteiger partial charge is 0.488 e. The molecule has 2 amide bonds. The third kappa shape index (κ3) is 7.97. The molecule has 0 aliphatic heterocycles. The normalized spacial score (nSPS) is 11.6. The summed E-state index contributed by atoms with van der Waals surface area (Å²) in [5, 5.41) is 8.13. The average Bonchev–Trinajstić information content (AvgIpc) is 3.31. The van der Waals surface area contributed by atoms with Gasteiger partial charge in [0.15, 0.2) is 5.13 Å². The van der Waals surface area contributed by atoms with Crippen LogP contribution in [0, 0.1) is 0 Å². The highest BCUT2D eigenvalue weighted by atomic mass is 32.1. The molecule has 0 saturated heterocycles. The molecule has 3 aromatic rings. The quantitative estimate of drug-likeness (QED) is 0.365. The second kappa shape index (κ2) is 12.9. The first-order valence-corrected chi connectivity index (χ1v) is 12.2. The van der Waals surface area contributed by atoms with Gasteiger partial charge in [-0.05, 0) is 67.6 Å². The fourth-order valence-corrected chi connectivity index (χ4v) is 4.03. The number of ether oxygens (including phenoxy) is 2. The maximum Gasteiger partial charge on any atom is 0.257 e. The van der Waals surface area contributed by atoms with Crippen LogP contribution in [0.25, 0.3) is 0 Å². The molecular weight excluding hydrogens is 450 g/mol. The Hall–Kier alpha value is -3.23. The molecule has 1 heterocycles. The van der Waals surface area contributed by atoms with E-state index in [-0.39, 0.29) is 17.9 Å². The summed E-state index contributed by atoms with van der Waals surface area (Å²) in [5.74, 6) is 0.402. The lowest BCUT2D eigenvalue weighted by Crippen LogP contribution is -2.19. The van der Waals surface area contributed by atoms with Crippen LogP contribution >= 0.6 is 11.3 Å². The van der Waals surface area contributed by atoms with E-state index in [2.05, 4.69) is 15.6 Å². The minimum absolute atomic E-state index is 0.0190. The number of thiazole rings is 1. The van der Waals surface area contributed by atoms with Crippen molar-refractivity contribution in [1.29, 1.82) is 0 Å². The van der Waals surface area contributed by atoms with Crippen LogP contribution in [-0.2, 0) is 22.4 Å². The molecule has 0 saturated carbocycles. The number of carbonyl (C=O) groups is 2. The van der Waals surface area contributed by atoms with Gasteiger partial charge in [0.25, 0.3) is 5.91 Å². The van der Waals surface area contributed by atoms with E-state index in [9.17, 15) is 9.59 Å². The molecule has 0 fully saturated rings. The fourth-order valence-electron chi connectivity index (χ4n) is 3.50. The molecule has 1 atom stereocenters. The molecule has 180 valence electrons. The monoisotopic (exact) mass is 481 g/mol. The molecule has 34 heavy (non-hydrogen) atoms. The van der Waals surface area contributed by atoms with Gasteiger partial charge in [-0.2, -0.15) is 0 Å². The van der Waals surface area contributed by atoms with Crippen molar-refractivity contribution in [3.63, 3.8) is 0 Å². The van der Waals surface area contributed by atoms with Gasteiger partial charge in [-0.3, -0.25) is 14.9 Å². The van der Waals surface area contributed by atoms with E-state index < -0.39 is 0 Å². The van der Waals surface area contributed by atoms with E-state index in [1.54, 1.807) is 19.4 Å². The summed E-state index contributed by atoms with van der Waals surface area (Å²) < 4.78 is 11.2. The minimum atomic E-state index is -0.235. The number of rotatable bonds is 12. The number of anilines is 2. The molecule has 1 aromatic heterocycles. The smallest absolute Gasteiger partial charge is 0.257 e. The first-order valence-electron chi connectivity index (χ1n) is 11.4. The topological polar surface area (TPSA) is 89.5 Å². The van der Waals surface area contributed by atoms with Gasteiger partial charge >= 0.3 is 0 Å². The van der Waals surface area contributed by atoms with Crippen molar-refractivity contribution in [1.82, 2.24) is 4.98 Å². The van der Waals surface area contributed by atoms with Crippen LogP contribution in [0.1, 0.15) is 48.2 Å². The maximum absolute atomic E-state index is 12.8. The van der Waals surface area contributed by atoms with Crippen LogP contribution in [0.3, 0.4) is 0 Å². The Morgan fingerprint density at radius 1 is 1.09 bits per heavy atom. The van der Waals surface area contributed by atoms with Crippen molar-refractivity contribution in [3.05, 3.63) is 70.7 Å². The summed E-state index contributed by atoms with van der Waals surface area (Å²) in [6, 6.07) is 13.4. The zero-order valence-corrected chi connectivity index (χ0v) is 20.6. The molecule has 0 aliphatic carbocycles. The van der Waals surface area contributed by atoms with Crippen LogP contribution < -0.4 is 15.4 Å². The Morgan fingerprint density at radius 3 is 2.65 bits per heavy atom. The van der Waals surface area contributed by atoms with Crippen LogP contribution in [0.15, 0.2) is 54.0 Å². The zero-order valence-electron chi connectivity index (χ0n) is 19.8. The van der Waals surface area contributed by atoms with E-state index in [1.807, 2.05) is 55.6 Å². The molecule has 0 unspecified atom stereocenters. The Balaban J connectivity index is 1.75. The predicted octanol–water partition coefficient (Wildman–Crippen LogP) is 5.33. The summed E-state index contributed by atoms with van der Waals surface area (Å²) >= 11 is 1.37. The molecule has 3 rings (SSSR count). The maximum atomic E-state index is 12.8. The Kier molecular flexibility index (Phi) is 9.61. The Bertz CT molecular complexity index is 1090. The first-order chi connectivity index (χ1) is 16.5. The van der Waals surface area contributed by atoms with E-state index in [4.69, 9.17) is 9.47 Å². The van der Waals surface area contributed by atoms with E-state index in [0.29, 0.717) is 35.9 Å². The number of nitrogens with zero attached hydrogens (tertiary/aromatic N) is 1. The zero-order chi connectivity index (χ0) is 24.3. The minimum Gasteiger partial charge on any atom is -0.488 e. The van der Waals surface area contributed by atoms with Gasteiger partial charge in [-0.25, -0.2) is 4.98 Å². The van der Waals surface area contributed by atoms with Crippen LogP contribution in [-0.4, -0.2) is 36.6 Å². The molecule has 2 N–H and O–H groups in total. The number of benzene rings is 2. The number of nitrogens with one attached hydrogen (secondary N) is 2. The summed E-state index contributed by atoms with van der Waals surface area (Å²) in [4.78, 5) is 28.9. The summed E-state index contributed by atoms with van der Waals surface area (Å²) in [7, 11) is 1.63. The number of hydrogen-bond donors (Lipinski definition) is 2. The van der Waals surface area contributed by atoms with Crippen LogP contribution in [0.5, 0.6) is 5.75 Å². The van der Waals surface area contributed by atoms with Gasteiger partial charge in [0.2, 0.25) is 5.91 Å². The molecule has 8 heteroatoms. The van der Waals surface area contributed by atoms with Crippen molar-refractivity contribution in [2.75, 3.05) is 24.4 Å². The Morgan fingerprint density at radius 2 is 1.91 bits per heavy atom. The SMILES string of the molecule is CCCC(=O)Nc1cccc(CCc2cc(O[C@@H](C)COC)cc(C(=O)Nc3nccs3)c2)c1. The number of amides is 2. The summed E-state index contributed by atoms with van der Waals surface area (Å²) in [5.41, 5.74) is 3.38. The van der Waals surface area contributed by atoms with Gasteiger partial charge in [-0.1, -0.05) is 19.1 Å². The van der Waals surface area contributed by atoms with Gasteiger partial charge in [0, 0.05) is 36.4 Å². The first kappa shape index (κ1) is 25.4. The molecule has 0 spiro atoms. The van der Waals surface area contributed by atoms with Crippen LogP contribution in [0.4, 0.5) is 10.8 Å². The number of carbonyl (C=O) groups excluding carboxylic acids is 2. The average molecular weight is 482 g/mol. The third-order valence-corrected chi connectivity index (χ3v) is 5.70. The van der Waals surface area contributed by atoms with E-state index in [0.717, 1.165) is 29.7 Å². The molecule has 2 aromatic carbocycles. The van der Waals surface area contributed by atoms with E-state index >= 15 is 0 Å².